The van der Waals surface area contributed by atoms with E-state index in [0.29, 0.717) is 23.7 Å². The van der Waals surface area contributed by atoms with Crippen molar-refractivity contribution >= 4 is 33.5 Å². The number of rotatable bonds is 4. The normalized spacial score (nSPS) is 20.8. The number of nitrogen functional groups attached to an aromatic ring is 1. The number of nitrogens with one attached hydrogen (secondary N) is 1. The van der Waals surface area contributed by atoms with Gasteiger partial charge in [-0.3, -0.25) is 9.59 Å². The van der Waals surface area contributed by atoms with E-state index in [9.17, 15) is 9.59 Å². The number of hydrogen-bond donors (Lipinski definition) is 2. The molecule has 1 amide bonds. The van der Waals surface area contributed by atoms with E-state index in [4.69, 9.17) is 10.5 Å². The Morgan fingerprint density at radius 3 is 2.57 bits per heavy atom. The van der Waals surface area contributed by atoms with Crippen molar-refractivity contribution in [2.75, 3.05) is 19.4 Å². The first-order chi connectivity index (χ1) is 10.9. The molecule has 3 N–H and O–H groups in total. The van der Waals surface area contributed by atoms with Gasteiger partial charge in [-0.05, 0) is 56.2 Å². The summed E-state index contributed by atoms with van der Waals surface area (Å²) < 4.78 is 5.66. The molecule has 0 saturated heterocycles. The number of ether oxygens (including phenoxy) is 1. The summed E-state index contributed by atoms with van der Waals surface area (Å²) in [5.41, 5.74) is 7.79. The number of methoxy groups -OCH3 is 1. The van der Waals surface area contributed by atoms with Gasteiger partial charge in [0.1, 0.15) is 0 Å². The zero-order valence-corrected chi connectivity index (χ0v) is 15.1. The molecule has 23 heavy (non-hydrogen) atoms. The van der Waals surface area contributed by atoms with Crippen LogP contribution in [0.25, 0.3) is 0 Å². The molecule has 1 fully saturated rings. The average Bonchev–Trinajstić information content (AvgIpc) is 2.56. The molecule has 0 bridgehead atoms. The van der Waals surface area contributed by atoms with Crippen LogP contribution in [0.15, 0.2) is 16.6 Å². The second kappa shape index (κ2) is 7.81. The van der Waals surface area contributed by atoms with E-state index < -0.39 is 0 Å². The molecule has 0 aliphatic heterocycles. The predicted molar refractivity (Wildman–Crippen MR) is 93.1 cm³/mol. The minimum absolute atomic E-state index is 0.00918. The molecule has 0 spiro atoms. The quantitative estimate of drug-likeness (QED) is 0.619. The van der Waals surface area contributed by atoms with E-state index in [1.54, 1.807) is 6.07 Å². The van der Waals surface area contributed by atoms with E-state index in [-0.39, 0.29) is 17.8 Å². The Labute approximate surface area is 145 Å². The minimum atomic E-state index is -0.142. The van der Waals surface area contributed by atoms with Gasteiger partial charge in [0.2, 0.25) is 0 Å². The van der Waals surface area contributed by atoms with Gasteiger partial charge in [0.25, 0.3) is 5.91 Å². The highest BCUT2D eigenvalue weighted by atomic mass is 79.9. The lowest BCUT2D eigenvalue weighted by molar-refractivity contribution is -0.146. The monoisotopic (exact) mass is 382 g/mol. The van der Waals surface area contributed by atoms with Crippen LogP contribution in [0.1, 0.15) is 41.6 Å². The molecular weight excluding hydrogens is 360 g/mol. The molecule has 1 aromatic rings. The first kappa shape index (κ1) is 17.8. The molecule has 2 rings (SSSR count). The molecule has 0 radical (unpaired) electrons. The fraction of sp³-hybridized carbons (Fsp3) is 0.529. The summed E-state index contributed by atoms with van der Waals surface area (Å²) in [6.07, 6.45) is 3.50. The number of amides is 1. The Hall–Kier alpha value is -1.56. The van der Waals surface area contributed by atoms with Crippen molar-refractivity contribution in [3.05, 3.63) is 27.7 Å². The maximum atomic E-state index is 12.4. The van der Waals surface area contributed by atoms with Crippen molar-refractivity contribution in [2.45, 2.75) is 32.6 Å². The van der Waals surface area contributed by atoms with Crippen molar-refractivity contribution in [2.24, 2.45) is 11.8 Å². The molecule has 1 aromatic carbocycles. The molecule has 0 heterocycles. The van der Waals surface area contributed by atoms with Crippen molar-refractivity contribution in [3.63, 3.8) is 0 Å². The molecule has 6 heteroatoms. The Morgan fingerprint density at radius 2 is 1.96 bits per heavy atom. The molecule has 1 aliphatic carbocycles. The number of halogens is 1. The number of benzene rings is 1. The van der Waals surface area contributed by atoms with Crippen LogP contribution in [0.3, 0.4) is 0 Å². The van der Waals surface area contributed by atoms with Crippen molar-refractivity contribution in [1.29, 1.82) is 0 Å². The smallest absolute Gasteiger partial charge is 0.308 e. The molecular formula is C17H23BrN2O3. The van der Waals surface area contributed by atoms with E-state index in [1.165, 1.54) is 7.11 Å². The minimum Gasteiger partial charge on any atom is -0.469 e. The third-order valence-electron chi connectivity index (χ3n) is 4.59. The number of anilines is 1. The van der Waals surface area contributed by atoms with E-state index in [0.717, 1.165) is 35.7 Å². The molecule has 0 unspecified atom stereocenters. The molecule has 126 valence electrons. The lowest BCUT2D eigenvalue weighted by atomic mass is 9.82. The maximum Gasteiger partial charge on any atom is 0.308 e. The Kier molecular flexibility index (Phi) is 6.04. The van der Waals surface area contributed by atoms with Crippen molar-refractivity contribution < 1.29 is 14.3 Å². The standard InChI is InChI=1S/C17H23BrN2O3/c1-10-13(18)7-8-14(19)15(10)16(21)20-9-11-3-5-12(6-4-11)17(22)23-2/h7-8,11-12H,3-6,9,19H2,1-2H3,(H,20,21). The summed E-state index contributed by atoms with van der Waals surface area (Å²) >= 11 is 3.42. The van der Waals surface area contributed by atoms with Crippen LogP contribution in [-0.4, -0.2) is 25.5 Å². The summed E-state index contributed by atoms with van der Waals surface area (Å²) in [5, 5.41) is 2.98. The molecule has 0 aromatic heterocycles. The zero-order chi connectivity index (χ0) is 17.0. The van der Waals surface area contributed by atoms with E-state index >= 15 is 0 Å². The topological polar surface area (TPSA) is 81.4 Å². The average molecular weight is 383 g/mol. The van der Waals surface area contributed by atoms with Crippen LogP contribution in [0.5, 0.6) is 0 Å². The van der Waals surface area contributed by atoms with Gasteiger partial charge in [-0.15, -0.1) is 0 Å². The van der Waals surface area contributed by atoms with Gasteiger partial charge >= 0.3 is 5.97 Å². The Balaban J connectivity index is 1.89. The van der Waals surface area contributed by atoms with Crippen LogP contribution in [0.4, 0.5) is 5.69 Å². The Bertz CT molecular complexity index is 596. The first-order valence-electron chi connectivity index (χ1n) is 7.84. The molecule has 1 saturated carbocycles. The van der Waals surface area contributed by atoms with E-state index in [2.05, 4.69) is 21.2 Å². The SMILES string of the molecule is COC(=O)C1CCC(CNC(=O)c2c(N)ccc(Br)c2C)CC1. The summed E-state index contributed by atoms with van der Waals surface area (Å²) in [4.78, 5) is 23.9. The second-order valence-electron chi connectivity index (χ2n) is 6.09. The Morgan fingerprint density at radius 1 is 1.30 bits per heavy atom. The third kappa shape index (κ3) is 4.25. The number of nitrogens with two attached hydrogens (primary N) is 1. The zero-order valence-electron chi connectivity index (χ0n) is 13.5. The van der Waals surface area contributed by atoms with Gasteiger partial charge in [0.05, 0.1) is 18.6 Å². The summed E-state index contributed by atoms with van der Waals surface area (Å²) in [7, 11) is 1.43. The van der Waals surface area contributed by atoms with Crippen LogP contribution in [0.2, 0.25) is 0 Å². The lowest BCUT2D eigenvalue weighted by Gasteiger charge is -2.27. The summed E-state index contributed by atoms with van der Waals surface area (Å²) in [6.45, 7) is 2.48. The first-order valence-corrected chi connectivity index (χ1v) is 8.64. The van der Waals surface area contributed by atoms with Gasteiger partial charge in [-0.25, -0.2) is 0 Å². The predicted octanol–water partition coefficient (Wildman–Crippen LogP) is 3.05. The number of esters is 1. The van der Waals surface area contributed by atoms with Crippen molar-refractivity contribution in [3.8, 4) is 0 Å². The highest BCUT2D eigenvalue weighted by Crippen LogP contribution is 2.29. The number of carbonyl (C=O) groups excluding carboxylic acids is 2. The van der Waals surface area contributed by atoms with Gasteiger partial charge in [0, 0.05) is 16.7 Å². The van der Waals surface area contributed by atoms with Gasteiger partial charge < -0.3 is 15.8 Å². The van der Waals surface area contributed by atoms with Crippen LogP contribution < -0.4 is 11.1 Å². The fourth-order valence-electron chi connectivity index (χ4n) is 3.10. The highest BCUT2D eigenvalue weighted by Gasteiger charge is 2.27. The van der Waals surface area contributed by atoms with Crippen molar-refractivity contribution in [1.82, 2.24) is 5.32 Å². The van der Waals surface area contributed by atoms with E-state index in [1.807, 2.05) is 13.0 Å². The number of carbonyl (C=O) groups is 2. The molecule has 1 aliphatic rings. The molecule has 0 atom stereocenters. The fourth-order valence-corrected chi connectivity index (χ4v) is 3.43. The summed E-state index contributed by atoms with van der Waals surface area (Å²) in [5.74, 6) is 0.143. The van der Waals surface area contributed by atoms with Crippen LogP contribution in [-0.2, 0) is 9.53 Å². The number of hydrogen-bond acceptors (Lipinski definition) is 4. The van der Waals surface area contributed by atoms with Gasteiger partial charge in [-0.1, -0.05) is 15.9 Å². The van der Waals surface area contributed by atoms with Gasteiger partial charge in [0.15, 0.2) is 0 Å². The third-order valence-corrected chi connectivity index (χ3v) is 5.45. The largest absolute Gasteiger partial charge is 0.469 e. The molecule has 5 nitrogen and oxygen atoms in total. The highest BCUT2D eigenvalue weighted by molar-refractivity contribution is 9.10. The van der Waals surface area contributed by atoms with Gasteiger partial charge in [-0.2, -0.15) is 0 Å². The summed E-state index contributed by atoms with van der Waals surface area (Å²) in [6, 6.07) is 3.57. The maximum absolute atomic E-state index is 12.4. The second-order valence-corrected chi connectivity index (χ2v) is 6.94. The van der Waals surface area contributed by atoms with Crippen LogP contribution >= 0.6 is 15.9 Å². The van der Waals surface area contributed by atoms with Crippen LogP contribution in [0, 0.1) is 18.8 Å². The lowest BCUT2D eigenvalue weighted by Crippen LogP contribution is -2.33.